The second-order valence-electron chi connectivity index (χ2n) is 4.80. The van der Waals surface area contributed by atoms with Crippen molar-refractivity contribution >= 4 is 31.9 Å². The van der Waals surface area contributed by atoms with Crippen LogP contribution in [0.25, 0.3) is 0 Å². The van der Waals surface area contributed by atoms with Crippen LogP contribution in [0.1, 0.15) is 16.8 Å². The van der Waals surface area contributed by atoms with Gasteiger partial charge in [-0.15, -0.1) is 0 Å². The average molecular weight is 380 g/mol. The molecule has 1 heterocycles. The van der Waals surface area contributed by atoms with E-state index >= 15 is 0 Å². The molecule has 1 aliphatic rings. The van der Waals surface area contributed by atoms with E-state index in [0.717, 1.165) is 6.07 Å². The molecule has 0 spiro atoms. The molecule has 116 valence electrons. The number of hydrogen-bond acceptors (Lipinski definition) is 5. The Labute approximate surface area is 130 Å². The largest absolute Gasteiger partial charge is 0.478 e. The van der Waals surface area contributed by atoms with Crippen molar-refractivity contribution < 1.29 is 28.2 Å². The van der Waals surface area contributed by atoms with Crippen LogP contribution in [0, 0.1) is 0 Å². The minimum atomic E-state index is -3.95. The van der Waals surface area contributed by atoms with E-state index in [2.05, 4.69) is 20.7 Å². The predicted octanol–water partition coefficient (Wildman–Crippen LogP) is 0.577. The lowest BCUT2D eigenvalue weighted by atomic mass is 10.1. The van der Waals surface area contributed by atoms with Crippen LogP contribution in [0.5, 0.6) is 0 Å². The van der Waals surface area contributed by atoms with E-state index in [1.807, 2.05) is 0 Å². The zero-order chi connectivity index (χ0) is 15.7. The van der Waals surface area contributed by atoms with Crippen LogP contribution in [-0.2, 0) is 14.8 Å². The quantitative estimate of drug-likeness (QED) is 0.689. The summed E-state index contributed by atoms with van der Waals surface area (Å²) in [6, 6.07) is 3.71. The summed E-state index contributed by atoms with van der Waals surface area (Å²) >= 11 is 3.08. The van der Waals surface area contributed by atoms with Gasteiger partial charge in [0.1, 0.15) is 5.60 Å². The molecule has 3 N–H and O–H groups in total. The molecule has 1 aromatic rings. The maximum atomic E-state index is 12.2. The van der Waals surface area contributed by atoms with E-state index in [9.17, 15) is 18.3 Å². The van der Waals surface area contributed by atoms with Gasteiger partial charge in [-0.3, -0.25) is 0 Å². The molecule has 0 amide bonds. The smallest absolute Gasteiger partial charge is 0.335 e. The molecule has 1 aliphatic heterocycles. The van der Waals surface area contributed by atoms with Crippen molar-refractivity contribution in [3.8, 4) is 0 Å². The molecular weight excluding hydrogens is 366 g/mol. The number of aromatic carboxylic acids is 1. The molecule has 0 saturated carbocycles. The van der Waals surface area contributed by atoms with Crippen molar-refractivity contribution in [3.63, 3.8) is 0 Å². The molecule has 21 heavy (non-hydrogen) atoms. The molecule has 0 aromatic heterocycles. The summed E-state index contributed by atoms with van der Waals surface area (Å²) in [6.45, 7) is 0.237. The van der Waals surface area contributed by atoms with Gasteiger partial charge in [-0.2, -0.15) is 0 Å². The van der Waals surface area contributed by atoms with Crippen LogP contribution in [0.2, 0.25) is 0 Å². The Balaban J connectivity index is 2.23. The van der Waals surface area contributed by atoms with Gasteiger partial charge in [-0.25, -0.2) is 17.9 Å². The van der Waals surface area contributed by atoms with Crippen molar-refractivity contribution in [2.24, 2.45) is 0 Å². The van der Waals surface area contributed by atoms with E-state index in [-0.39, 0.29) is 28.1 Å². The number of rotatable bonds is 5. The summed E-state index contributed by atoms with van der Waals surface area (Å²) < 4.78 is 32.0. The number of carboxylic acid groups (broad SMARTS) is 1. The lowest BCUT2D eigenvalue weighted by Crippen LogP contribution is -2.43. The van der Waals surface area contributed by atoms with Crippen molar-refractivity contribution in [2.75, 3.05) is 19.8 Å². The lowest BCUT2D eigenvalue weighted by molar-refractivity contribution is 0.0314. The molecule has 0 bridgehead atoms. The molecule has 1 aromatic carbocycles. The van der Waals surface area contributed by atoms with Crippen LogP contribution in [-0.4, -0.2) is 50.0 Å². The van der Waals surface area contributed by atoms with Crippen molar-refractivity contribution in [3.05, 3.63) is 28.2 Å². The highest BCUT2D eigenvalue weighted by Crippen LogP contribution is 2.24. The summed E-state index contributed by atoms with van der Waals surface area (Å²) in [5, 5.41) is 19.0. The number of hydrogen-bond donors (Lipinski definition) is 3. The molecule has 2 rings (SSSR count). The van der Waals surface area contributed by atoms with Crippen molar-refractivity contribution in [2.45, 2.75) is 16.9 Å². The third-order valence-electron chi connectivity index (χ3n) is 3.14. The first-order valence-electron chi connectivity index (χ1n) is 6.06. The molecular formula is C12H14BrNO6S. The average Bonchev–Trinajstić information content (AvgIpc) is 2.84. The standard InChI is InChI=1S/C12H14BrNO6S/c13-9-2-1-8(11(15)16)5-10(9)21(18,19)14-6-12(17)3-4-20-7-12/h1-2,5,14,17H,3-4,6-7H2,(H,15,16). The molecule has 1 saturated heterocycles. The minimum absolute atomic E-state index is 0.0614. The van der Waals surface area contributed by atoms with Gasteiger partial charge in [0.25, 0.3) is 0 Å². The van der Waals surface area contributed by atoms with Gasteiger partial charge in [0.15, 0.2) is 0 Å². The first kappa shape index (κ1) is 16.4. The maximum absolute atomic E-state index is 12.2. The fraction of sp³-hybridized carbons (Fsp3) is 0.417. The first-order valence-corrected chi connectivity index (χ1v) is 8.34. The summed E-state index contributed by atoms with van der Waals surface area (Å²) in [5.74, 6) is -1.22. The second kappa shape index (κ2) is 6.01. The summed E-state index contributed by atoms with van der Waals surface area (Å²) in [5.41, 5.74) is -1.37. The minimum Gasteiger partial charge on any atom is -0.478 e. The number of carbonyl (C=O) groups is 1. The fourth-order valence-electron chi connectivity index (χ4n) is 1.89. The summed E-state index contributed by atoms with van der Waals surface area (Å²) in [7, 11) is -3.95. The Morgan fingerprint density at radius 1 is 1.48 bits per heavy atom. The highest BCUT2D eigenvalue weighted by atomic mass is 79.9. The normalized spacial score (nSPS) is 22.4. The molecule has 0 radical (unpaired) electrons. The topological polar surface area (TPSA) is 113 Å². The number of benzene rings is 1. The third-order valence-corrected chi connectivity index (χ3v) is 5.54. The Hall–Kier alpha value is -1.00. The van der Waals surface area contributed by atoms with Crippen molar-refractivity contribution in [1.29, 1.82) is 0 Å². The van der Waals surface area contributed by atoms with Gasteiger partial charge in [0.2, 0.25) is 10.0 Å². The summed E-state index contributed by atoms with van der Waals surface area (Å²) in [6.07, 6.45) is 0.339. The number of ether oxygens (including phenoxy) is 1. The third kappa shape index (κ3) is 3.80. The molecule has 1 atom stereocenters. The van der Waals surface area contributed by atoms with Crippen LogP contribution in [0.15, 0.2) is 27.6 Å². The molecule has 9 heteroatoms. The van der Waals surface area contributed by atoms with Gasteiger partial charge in [-0.1, -0.05) is 0 Å². The van der Waals surface area contributed by atoms with Crippen LogP contribution in [0.3, 0.4) is 0 Å². The fourth-order valence-corrected chi connectivity index (χ4v) is 3.99. The van der Waals surface area contributed by atoms with Gasteiger partial charge >= 0.3 is 5.97 Å². The highest BCUT2D eigenvalue weighted by Gasteiger charge is 2.34. The number of aliphatic hydroxyl groups is 1. The van der Waals surface area contributed by atoms with E-state index in [4.69, 9.17) is 9.84 Å². The number of halogens is 1. The van der Waals surface area contributed by atoms with E-state index in [1.54, 1.807) is 0 Å². The van der Waals surface area contributed by atoms with E-state index < -0.39 is 21.6 Å². The summed E-state index contributed by atoms with van der Waals surface area (Å²) in [4.78, 5) is 10.7. The first-order chi connectivity index (χ1) is 9.73. The van der Waals surface area contributed by atoms with Gasteiger partial charge in [0, 0.05) is 24.0 Å². The van der Waals surface area contributed by atoms with Crippen molar-refractivity contribution in [1.82, 2.24) is 4.72 Å². The molecule has 1 unspecified atom stereocenters. The highest BCUT2D eigenvalue weighted by molar-refractivity contribution is 9.10. The van der Waals surface area contributed by atoms with E-state index in [1.165, 1.54) is 12.1 Å². The maximum Gasteiger partial charge on any atom is 0.335 e. The van der Waals surface area contributed by atoms with Crippen LogP contribution < -0.4 is 4.72 Å². The second-order valence-corrected chi connectivity index (χ2v) is 7.39. The number of sulfonamides is 1. The Morgan fingerprint density at radius 3 is 2.76 bits per heavy atom. The molecule has 0 aliphatic carbocycles. The zero-order valence-corrected chi connectivity index (χ0v) is 13.3. The predicted molar refractivity (Wildman–Crippen MR) is 76.7 cm³/mol. The Kier molecular flexibility index (Phi) is 4.69. The van der Waals surface area contributed by atoms with Crippen LogP contribution in [0.4, 0.5) is 0 Å². The Morgan fingerprint density at radius 2 is 2.19 bits per heavy atom. The SMILES string of the molecule is O=C(O)c1ccc(Br)c(S(=O)(=O)NCC2(O)CCOC2)c1. The van der Waals surface area contributed by atoms with E-state index in [0.29, 0.717) is 13.0 Å². The number of nitrogens with one attached hydrogen (secondary N) is 1. The molecule has 1 fully saturated rings. The molecule has 7 nitrogen and oxygen atoms in total. The zero-order valence-electron chi connectivity index (χ0n) is 10.9. The Bertz CT molecular complexity index is 654. The number of carboxylic acids is 1. The van der Waals surface area contributed by atoms with Crippen LogP contribution >= 0.6 is 15.9 Å². The van der Waals surface area contributed by atoms with Gasteiger partial charge < -0.3 is 14.9 Å². The van der Waals surface area contributed by atoms with Gasteiger partial charge in [-0.05, 0) is 34.1 Å². The van der Waals surface area contributed by atoms with Gasteiger partial charge in [0.05, 0.1) is 17.1 Å². The lowest BCUT2D eigenvalue weighted by Gasteiger charge is -2.20. The monoisotopic (exact) mass is 379 g/mol.